The Kier molecular flexibility index (Phi) is 4.10. The minimum atomic E-state index is -0.314. The zero-order chi connectivity index (χ0) is 14.8. The Labute approximate surface area is 123 Å². The van der Waals surface area contributed by atoms with Crippen LogP contribution in [0.15, 0.2) is 24.3 Å². The molecule has 21 heavy (non-hydrogen) atoms. The lowest BCUT2D eigenvalue weighted by atomic mass is 9.93. The molecule has 0 unspecified atom stereocenters. The molecule has 2 heterocycles. The quantitative estimate of drug-likeness (QED) is 0.858. The molecule has 1 aromatic carbocycles. The molecule has 0 spiro atoms. The predicted molar refractivity (Wildman–Crippen MR) is 75.5 cm³/mol. The van der Waals surface area contributed by atoms with Gasteiger partial charge < -0.3 is 14.4 Å². The Balaban J connectivity index is 1.50. The standard InChI is InChI=1S/C16H20FNO3/c1-11-8-12-9-18(7-6-15(12)21-11)16(19)10-20-14-4-2-13(17)3-5-14/h2-5,11-12,15H,6-10H2,1H3/t11-,12-,15-/m1/s1. The lowest BCUT2D eigenvalue weighted by Crippen LogP contribution is -2.46. The van der Waals surface area contributed by atoms with E-state index in [1.54, 1.807) is 0 Å². The summed E-state index contributed by atoms with van der Waals surface area (Å²) in [5.74, 6) is 0.629. The molecule has 1 amide bonds. The monoisotopic (exact) mass is 293 g/mol. The van der Waals surface area contributed by atoms with Crippen LogP contribution in [0.3, 0.4) is 0 Å². The van der Waals surface area contributed by atoms with E-state index in [1.165, 1.54) is 24.3 Å². The summed E-state index contributed by atoms with van der Waals surface area (Å²) in [5, 5.41) is 0. The fourth-order valence-corrected chi connectivity index (χ4v) is 3.19. The smallest absolute Gasteiger partial charge is 0.260 e. The topological polar surface area (TPSA) is 38.8 Å². The van der Waals surface area contributed by atoms with Crippen LogP contribution in [0.5, 0.6) is 5.75 Å². The third-order valence-electron chi connectivity index (χ3n) is 4.23. The van der Waals surface area contributed by atoms with Gasteiger partial charge in [-0.15, -0.1) is 0 Å². The van der Waals surface area contributed by atoms with Crippen molar-refractivity contribution in [2.75, 3.05) is 19.7 Å². The Morgan fingerprint density at radius 3 is 2.95 bits per heavy atom. The van der Waals surface area contributed by atoms with Crippen molar-refractivity contribution in [2.24, 2.45) is 5.92 Å². The fraction of sp³-hybridized carbons (Fsp3) is 0.562. The predicted octanol–water partition coefficient (Wildman–Crippen LogP) is 2.23. The second-order valence-electron chi connectivity index (χ2n) is 5.85. The molecule has 2 aliphatic heterocycles. The molecule has 3 rings (SSSR count). The van der Waals surface area contributed by atoms with Gasteiger partial charge in [0.1, 0.15) is 11.6 Å². The maximum atomic E-state index is 12.8. The summed E-state index contributed by atoms with van der Waals surface area (Å²) in [6.45, 7) is 3.56. The SMILES string of the molecule is C[C@@H]1C[C@@H]2CN(C(=O)COc3ccc(F)cc3)CC[C@H]2O1. The van der Waals surface area contributed by atoms with Crippen molar-refractivity contribution in [2.45, 2.75) is 32.0 Å². The Bertz CT molecular complexity index is 505. The number of fused-ring (bicyclic) bond motifs is 1. The van der Waals surface area contributed by atoms with E-state index in [1.807, 2.05) is 4.90 Å². The zero-order valence-electron chi connectivity index (χ0n) is 12.1. The van der Waals surface area contributed by atoms with Crippen LogP contribution in [0, 0.1) is 11.7 Å². The van der Waals surface area contributed by atoms with Gasteiger partial charge in [-0.3, -0.25) is 4.79 Å². The van der Waals surface area contributed by atoms with Crippen LogP contribution >= 0.6 is 0 Å². The number of amides is 1. The molecule has 2 fully saturated rings. The maximum absolute atomic E-state index is 12.8. The van der Waals surface area contributed by atoms with E-state index in [0.717, 1.165) is 25.9 Å². The van der Waals surface area contributed by atoms with Crippen molar-refractivity contribution in [3.8, 4) is 5.75 Å². The lowest BCUT2D eigenvalue weighted by Gasteiger charge is -2.34. The van der Waals surface area contributed by atoms with Gasteiger partial charge in [-0.2, -0.15) is 0 Å². The molecule has 4 nitrogen and oxygen atoms in total. The molecule has 0 bridgehead atoms. The summed E-state index contributed by atoms with van der Waals surface area (Å²) in [4.78, 5) is 14.0. The minimum absolute atomic E-state index is 0.000566. The van der Waals surface area contributed by atoms with Crippen LogP contribution in [0.4, 0.5) is 4.39 Å². The summed E-state index contributed by atoms with van der Waals surface area (Å²) in [7, 11) is 0. The molecule has 0 aliphatic carbocycles. The number of likely N-dealkylation sites (tertiary alicyclic amines) is 1. The van der Waals surface area contributed by atoms with E-state index in [9.17, 15) is 9.18 Å². The number of rotatable bonds is 3. The number of benzene rings is 1. The third kappa shape index (κ3) is 3.35. The molecular formula is C16H20FNO3. The number of hydrogen-bond acceptors (Lipinski definition) is 3. The van der Waals surface area contributed by atoms with Crippen molar-refractivity contribution >= 4 is 5.91 Å². The van der Waals surface area contributed by atoms with Crippen molar-refractivity contribution in [3.63, 3.8) is 0 Å². The largest absolute Gasteiger partial charge is 0.484 e. The number of nitrogens with zero attached hydrogens (tertiary/aromatic N) is 1. The number of ether oxygens (including phenoxy) is 2. The highest BCUT2D eigenvalue weighted by atomic mass is 19.1. The molecule has 114 valence electrons. The van der Waals surface area contributed by atoms with Gasteiger partial charge in [0.2, 0.25) is 0 Å². The number of piperidine rings is 1. The molecule has 2 aliphatic rings. The first-order valence-corrected chi connectivity index (χ1v) is 7.43. The molecular weight excluding hydrogens is 273 g/mol. The Morgan fingerprint density at radius 2 is 2.19 bits per heavy atom. The highest BCUT2D eigenvalue weighted by Crippen LogP contribution is 2.32. The van der Waals surface area contributed by atoms with Crippen molar-refractivity contribution in [3.05, 3.63) is 30.1 Å². The van der Waals surface area contributed by atoms with E-state index < -0.39 is 0 Å². The number of hydrogen-bond donors (Lipinski definition) is 0. The molecule has 2 saturated heterocycles. The second-order valence-corrected chi connectivity index (χ2v) is 5.85. The van der Waals surface area contributed by atoms with Gasteiger partial charge in [-0.05, 0) is 44.0 Å². The van der Waals surface area contributed by atoms with E-state index in [0.29, 0.717) is 23.9 Å². The number of carbonyl (C=O) groups is 1. The average Bonchev–Trinajstić information content (AvgIpc) is 2.85. The summed E-state index contributed by atoms with van der Waals surface area (Å²) in [6.07, 6.45) is 2.53. The molecule has 0 saturated carbocycles. The van der Waals surface area contributed by atoms with Crippen molar-refractivity contribution in [1.82, 2.24) is 4.90 Å². The maximum Gasteiger partial charge on any atom is 0.260 e. The first kappa shape index (κ1) is 14.3. The van der Waals surface area contributed by atoms with Gasteiger partial charge in [-0.1, -0.05) is 0 Å². The average molecular weight is 293 g/mol. The van der Waals surface area contributed by atoms with Crippen LogP contribution in [-0.4, -0.2) is 42.7 Å². The van der Waals surface area contributed by atoms with E-state index in [-0.39, 0.29) is 18.3 Å². The van der Waals surface area contributed by atoms with Crippen molar-refractivity contribution in [1.29, 1.82) is 0 Å². The van der Waals surface area contributed by atoms with Gasteiger partial charge in [0.25, 0.3) is 5.91 Å². The summed E-state index contributed by atoms with van der Waals surface area (Å²) < 4.78 is 24.0. The molecule has 0 N–H and O–H groups in total. The first-order valence-electron chi connectivity index (χ1n) is 7.43. The van der Waals surface area contributed by atoms with Crippen LogP contribution in [0.2, 0.25) is 0 Å². The minimum Gasteiger partial charge on any atom is -0.484 e. The fourth-order valence-electron chi connectivity index (χ4n) is 3.19. The Morgan fingerprint density at radius 1 is 1.43 bits per heavy atom. The number of halogens is 1. The summed E-state index contributed by atoms with van der Waals surface area (Å²) >= 11 is 0. The van der Waals surface area contributed by atoms with Crippen LogP contribution in [0.1, 0.15) is 19.8 Å². The van der Waals surface area contributed by atoms with Crippen molar-refractivity contribution < 1.29 is 18.7 Å². The lowest BCUT2D eigenvalue weighted by molar-refractivity contribution is -0.136. The van der Waals surface area contributed by atoms with Gasteiger partial charge in [0.05, 0.1) is 12.2 Å². The van der Waals surface area contributed by atoms with Gasteiger partial charge in [0.15, 0.2) is 6.61 Å². The first-order chi connectivity index (χ1) is 10.1. The van der Waals surface area contributed by atoms with Crippen LogP contribution in [-0.2, 0) is 9.53 Å². The molecule has 5 heteroatoms. The van der Waals surface area contributed by atoms with Gasteiger partial charge in [0, 0.05) is 19.0 Å². The summed E-state index contributed by atoms with van der Waals surface area (Å²) in [5.41, 5.74) is 0. The van der Waals surface area contributed by atoms with Crippen LogP contribution < -0.4 is 4.74 Å². The molecule has 0 aromatic heterocycles. The molecule has 0 radical (unpaired) electrons. The second kappa shape index (κ2) is 6.02. The summed E-state index contributed by atoms with van der Waals surface area (Å²) in [6, 6.07) is 5.70. The molecule has 1 aromatic rings. The normalized spacial score (nSPS) is 28.3. The number of carbonyl (C=O) groups excluding carboxylic acids is 1. The van der Waals surface area contributed by atoms with Gasteiger partial charge >= 0.3 is 0 Å². The van der Waals surface area contributed by atoms with Gasteiger partial charge in [-0.25, -0.2) is 4.39 Å². The third-order valence-corrected chi connectivity index (χ3v) is 4.23. The highest BCUT2D eigenvalue weighted by molar-refractivity contribution is 5.77. The highest BCUT2D eigenvalue weighted by Gasteiger charge is 2.38. The van der Waals surface area contributed by atoms with E-state index >= 15 is 0 Å². The zero-order valence-corrected chi connectivity index (χ0v) is 12.1. The van der Waals surface area contributed by atoms with E-state index in [4.69, 9.17) is 9.47 Å². The van der Waals surface area contributed by atoms with Crippen LogP contribution in [0.25, 0.3) is 0 Å². The molecule has 3 atom stereocenters. The Hall–Kier alpha value is -1.62. The van der Waals surface area contributed by atoms with E-state index in [2.05, 4.69) is 6.92 Å².